The maximum Gasteiger partial charge on any atom is 0.306 e. The Morgan fingerprint density at radius 1 is 0.456 bits per heavy atom. The van der Waals surface area contributed by atoms with E-state index in [1.807, 2.05) is 21.1 Å². The number of nitrogens with zero attached hydrogens (tertiary/aromatic N) is 1. The van der Waals surface area contributed by atoms with Crippen molar-refractivity contribution in [3.8, 4) is 0 Å². The molecule has 0 spiro atoms. The Kier molecular flexibility index (Phi) is 39.8. The number of esters is 2. The molecule has 0 radical (unpaired) electrons. The van der Waals surface area contributed by atoms with Gasteiger partial charge in [0, 0.05) is 12.8 Å². The molecule has 57 heavy (non-hydrogen) atoms. The van der Waals surface area contributed by atoms with Gasteiger partial charge in [0.25, 0.3) is 0 Å². The van der Waals surface area contributed by atoms with Gasteiger partial charge in [0.1, 0.15) is 13.2 Å². The Bertz CT molecular complexity index is 907. The third-order valence-electron chi connectivity index (χ3n) is 10.9. The molecule has 0 amide bonds. The van der Waals surface area contributed by atoms with Gasteiger partial charge in [-0.1, -0.05) is 206 Å². The van der Waals surface area contributed by atoms with Crippen LogP contribution in [-0.2, 0) is 33.3 Å². The third kappa shape index (κ3) is 42.2. The number of carboxylic acid groups (broad SMARTS) is 1. The van der Waals surface area contributed by atoms with E-state index in [0.29, 0.717) is 17.4 Å². The number of carbonyl (C=O) groups excluding carboxylic acids is 3. The number of carbonyl (C=O) groups is 3. The van der Waals surface area contributed by atoms with Gasteiger partial charge in [-0.25, -0.2) is 0 Å². The van der Waals surface area contributed by atoms with E-state index in [1.165, 1.54) is 167 Å². The molecule has 0 N–H and O–H groups in total. The van der Waals surface area contributed by atoms with Gasteiger partial charge in [0.15, 0.2) is 12.4 Å². The maximum atomic E-state index is 12.8. The Morgan fingerprint density at radius 2 is 0.789 bits per heavy atom. The van der Waals surface area contributed by atoms with Crippen LogP contribution in [0, 0.1) is 0 Å². The summed E-state index contributed by atoms with van der Waals surface area (Å²) in [5.74, 6) is -2.27. The zero-order valence-corrected chi connectivity index (χ0v) is 38.2. The minimum Gasteiger partial charge on any atom is -0.545 e. The van der Waals surface area contributed by atoms with E-state index in [1.54, 1.807) is 0 Å². The van der Waals surface area contributed by atoms with Crippen LogP contribution in [0.2, 0.25) is 0 Å². The van der Waals surface area contributed by atoms with Gasteiger partial charge < -0.3 is 33.3 Å². The van der Waals surface area contributed by atoms with Crippen LogP contribution in [0.3, 0.4) is 0 Å². The molecule has 0 saturated heterocycles. The molecule has 0 aromatic heterocycles. The number of ether oxygens (including phenoxy) is 4. The van der Waals surface area contributed by atoms with Crippen LogP contribution in [0.25, 0.3) is 0 Å². The topological polar surface area (TPSA) is 111 Å². The third-order valence-corrected chi connectivity index (χ3v) is 10.9. The summed E-state index contributed by atoms with van der Waals surface area (Å²) in [5, 5.41) is 11.7. The number of aliphatic carboxylic acids is 1. The Morgan fingerprint density at radius 3 is 1.12 bits per heavy atom. The number of hydrogen-bond acceptors (Lipinski definition) is 8. The molecule has 0 rings (SSSR count). The lowest BCUT2D eigenvalue weighted by molar-refractivity contribution is -0.870. The zero-order valence-electron chi connectivity index (χ0n) is 38.2. The fraction of sp³-hybridized carbons (Fsp3) is 0.938. The zero-order chi connectivity index (χ0) is 42.1. The molecule has 0 aliphatic carbocycles. The number of quaternary nitrogens is 1. The Hall–Kier alpha value is -1.71. The van der Waals surface area contributed by atoms with E-state index in [9.17, 15) is 19.5 Å². The molecular formula is C48H93NO8. The fourth-order valence-corrected chi connectivity index (χ4v) is 7.07. The normalized spacial score (nSPS) is 12.8. The molecule has 9 nitrogen and oxygen atoms in total. The molecule has 0 heterocycles. The molecule has 0 aliphatic heterocycles. The van der Waals surface area contributed by atoms with Gasteiger partial charge >= 0.3 is 11.9 Å². The van der Waals surface area contributed by atoms with Crippen molar-refractivity contribution in [2.24, 2.45) is 0 Å². The van der Waals surface area contributed by atoms with Crippen LogP contribution in [-0.4, -0.2) is 82.3 Å². The summed E-state index contributed by atoms with van der Waals surface area (Å²) in [6.45, 7) is 4.76. The molecule has 0 bridgehead atoms. The summed E-state index contributed by atoms with van der Waals surface area (Å²) >= 11 is 0. The van der Waals surface area contributed by atoms with Crippen molar-refractivity contribution in [3.05, 3.63) is 0 Å². The minimum atomic E-state index is -1.61. The highest BCUT2D eigenvalue weighted by Crippen LogP contribution is 2.16. The SMILES string of the molecule is CCCCCCCCCCCCCCCCCCCCCCCCC(=O)OC(COC(=O)CCCCCCCCCCCC)COC(OCC[N+](C)(C)C)C(=O)[O-]. The van der Waals surface area contributed by atoms with Crippen molar-refractivity contribution in [2.75, 3.05) is 47.5 Å². The summed E-state index contributed by atoms with van der Waals surface area (Å²) in [6.07, 6.45) is 38.6. The molecule has 2 atom stereocenters. The highest BCUT2D eigenvalue weighted by molar-refractivity contribution is 5.70. The van der Waals surface area contributed by atoms with E-state index in [0.717, 1.165) is 38.5 Å². The molecule has 0 saturated carbocycles. The first kappa shape index (κ1) is 55.3. The van der Waals surface area contributed by atoms with Crippen molar-refractivity contribution >= 4 is 17.9 Å². The van der Waals surface area contributed by atoms with Gasteiger partial charge in [0.05, 0.1) is 40.3 Å². The predicted octanol–water partition coefficient (Wildman–Crippen LogP) is 11.6. The van der Waals surface area contributed by atoms with Crippen LogP contribution in [0.15, 0.2) is 0 Å². The van der Waals surface area contributed by atoms with Crippen molar-refractivity contribution in [1.29, 1.82) is 0 Å². The first-order valence-electron chi connectivity index (χ1n) is 24.2. The summed E-state index contributed by atoms with van der Waals surface area (Å²) < 4.78 is 22.6. The van der Waals surface area contributed by atoms with Gasteiger partial charge in [-0.2, -0.15) is 0 Å². The maximum absolute atomic E-state index is 12.8. The summed E-state index contributed by atoms with van der Waals surface area (Å²) in [6, 6.07) is 0. The van der Waals surface area contributed by atoms with E-state index in [-0.39, 0.29) is 32.2 Å². The summed E-state index contributed by atoms with van der Waals surface area (Å²) in [4.78, 5) is 36.9. The number of hydrogen-bond donors (Lipinski definition) is 0. The number of likely N-dealkylation sites (N-methyl/N-ethyl adjacent to an activating group) is 1. The second kappa shape index (κ2) is 41.0. The second-order valence-corrected chi connectivity index (χ2v) is 17.8. The lowest BCUT2D eigenvalue weighted by Gasteiger charge is -2.26. The van der Waals surface area contributed by atoms with Gasteiger partial charge in [0.2, 0.25) is 0 Å². The van der Waals surface area contributed by atoms with Gasteiger partial charge in [-0.15, -0.1) is 0 Å². The van der Waals surface area contributed by atoms with Crippen LogP contribution in [0.4, 0.5) is 0 Å². The molecule has 0 aliphatic rings. The average Bonchev–Trinajstić information content (AvgIpc) is 3.17. The Labute approximate surface area is 352 Å². The highest BCUT2D eigenvalue weighted by atomic mass is 16.7. The van der Waals surface area contributed by atoms with Crippen LogP contribution >= 0.6 is 0 Å². The van der Waals surface area contributed by atoms with E-state index < -0.39 is 24.3 Å². The van der Waals surface area contributed by atoms with E-state index in [4.69, 9.17) is 18.9 Å². The number of rotatable bonds is 45. The van der Waals surface area contributed by atoms with Crippen molar-refractivity contribution in [1.82, 2.24) is 0 Å². The number of carboxylic acids is 1. The fourth-order valence-electron chi connectivity index (χ4n) is 7.07. The molecule has 9 heteroatoms. The molecule has 0 aromatic carbocycles. The van der Waals surface area contributed by atoms with E-state index in [2.05, 4.69) is 13.8 Å². The van der Waals surface area contributed by atoms with Gasteiger partial charge in [-0.05, 0) is 12.8 Å². The number of unbranched alkanes of at least 4 members (excludes halogenated alkanes) is 30. The van der Waals surface area contributed by atoms with Crippen LogP contribution in [0.5, 0.6) is 0 Å². The molecule has 0 aromatic rings. The van der Waals surface area contributed by atoms with E-state index >= 15 is 0 Å². The smallest absolute Gasteiger partial charge is 0.306 e. The summed E-state index contributed by atoms with van der Waals surface area (Å²) in [7, 11) is 5.92. The minimum absolute atomic E-state index is 0.153. The first-order valence-corrected chi connectivity index (χ1v) is 24.2. The molecule has 0 fully saturated rings. The largest absolute Gasteiger partial charge is 0.545 e. The first-order chi connectivity index (χ1) is 27.6. The van der Waals surface area contributed by atoms with Gasteiger partial charge in [-0.3, -0.25) is 9.59 Å². The lowest BCUT2D eigenvalue weighted by Crippen LogP contribution is -2.44. The Balaban J connectivity index is 4.23. The summed E-state index contributed by atoms with van der Waals surface area (Å²) in [5.41, 5.74) is 0. The van der Waals surface area contributed by atoms with Crippen LogP contribution < -0.4 is 5.11 Å². The van der Waals surface area contributed by atoms with Crippen molar-refractivity contribution in [2.45, 2.75) is 245 Å². The molecule has 2 unspecified atom stereocenters. The van der Waals surface area contributed by atoms with Crippen LogP contribution in [0.1, 0.15) is 232 Å². The average molecular weight is 812 g/mol. The monoisotopic (exact) mass is 812 g/mol. The lowest BCUT2D eigenvalue weighted by atomic mass is 10.0. The molecule has 338 valence electrons. The van der Waals surface area contributed by atoms with Crippen molar-refractivity contribution < 1.29 is 42.9 Å². The second-order valence-electron chi connectivity index (χ2n) is 17.8. The van der Waals surface area contributed by atoms with Crippen molar-refractivity contribution in [3.63, 3.8) is 0 Å². The predicted molar refractivity (Wildman–Crippen MR) is 233 cm³/mol. The highest BCUT2D eigenvalue weighted by Gasteiger charge is 2.22. The quantitative estimate of drug-likeness (QED) is 0.0259. The molecular weight excluding hydrogens is 719 g/mol. The standard InChI is InChI=1S/C48H93NO8/c1-6-8-10-12-14-16-18-19-20-21-22-23-24-25-26-27-28-29-31-33-35-37-39-46(51)57-44(43-56-48(47(52)53)54-41-40-49(3,4)5)42-55-45(50)38-36-34-32-30-17-15-13-11-9-7-2/h44,48H,6-43H2,1-5H3.